The Kier molecular flexibility index (Phi) is 3.79. The summed E-state index contributed by atoms with van der Waals surface area (Å²) in [6.45, 7) is 0. The van der Waals surface area contributed by atoms with Crippen LogP contribution in [0.15, 0.2) is 24.3 Å². The number of carboxylic acids is 1. The van der Waals surface area contributed by atoms with E-state index in [2.05, 4.69) is 5.32 Å². The van der Waals surface area contributed by atoms with Gasteiger partial charge in [0, 0.05) is 5.69 Å². The van der Waals surface area contributed by atoms with Gasteiger partial charge in [-0.25, -0.2) is 4.79 Å². The largest absolute Gasteiger partial charge is 0.497 e. The van der Waals surface area contributed by atoms with Crippen molar-refractivity contribution in [3.63, 3.8) is 0 Å². The van der Waals surface area contributed by atoms with Gasteiger partial charge in [-0.15, -0.1) is 0 Å². The SMILES string of the molecule is COc1ccc(NC2(C(=O)O)CCCC(C3CC3)C2)cc1. The monoisotopic (exact) mass is 289 g/mol. The van der Waals surface area contributed by atoms with Crippen molar-refractivity contribution in [3.8, 4) is 5.75 Å². The van der Waals surface area contributed by atoms with Crippen molar-refractivity contribution < 1.29 is 14.6 Å². The lowest BCUT2D eigenvalue weighted by molar-refractivity contribution is -0.144. The smallest absolute Gasteiger partial charge is 0.329 e. The zero-order chi connectivity index (χ0) is 14.9. The highest BCUT2D eigenvalue weighted by Gasteiger charge is 2.46. The molecule has 2 saturated carbocycles. The number of nitrogens with one attached hydrogen (secondary N) is 1. The molecule has 0 saturated heterocycles. The normalized spacial score (nSPS) is 28.9. The van der Waals surface area contributed by atoms with Crippen molar-refractivity contribution >= 4 is 11.7 Å². The number of methoxy groups -OCH3 is 1. The number of hydrogen-bond donors (Lipinski definition) is 2. The summed E-state index contributed by atoms with van der Waals surface area (Å²) >= 11 is 0. The molecular weight excluding hydrogens is 266 g/mol. The Morgan fingerprint density at radius 2 is 1.95 bits per heavy atom. The van der Waals surface area contributed by atoms with E-state index in [0.717, 1.165) is 30.2 Å². The van der Waals surface area contributed by atoms with Crippen molar-refractivity contribution in [2.24, 2.45) is 11.8 Å². The number of hydrogen-bond acceptors (Lipinski definition) is 3. The summed E-state index contributed by atoms with van der Waals surface area (Å²) in [5.74, 6) is 1.40. The summed E-state index contributed by atoms with van der Waals surface area (Å²) in [5.41, 5.74) is 0.0507. The number of anilines is 1. The molecule has 21 heavy (non-hydrogen) atoms. The summed E-state index contributed by atoms with van der Waals surface area (Å²) in [4.78, 5) is 11.9. The van der Waals surface area contributed by atoms with Gasteiger partial charge in [-0.05, 0) is 68.2 Å². The summed E-state index contributed by atoms with van der Waals surface area (Å²) in [7, 11) is 1.63. The first-order valence-corrected chi connectivity index (χ1v) is 7.78. The van der Waals surface area contributed by atoms with Gasteiger partial charge in [-0.3, -0.25) is 0 Å². The molecule has 2 unspecified atom stereocenters. The van der Waals surface area contributed by atoms with E-state index in [0.29, 0.717) is 12.3 Å². The molecule has 0 aliphatic heterocycles. The first kappa shape index (κ1) is 14.2. The number of carbonyl (C=O) groups is 1. The fourth-order valence-electron chi connectivity index (χ4n) is 3.60. The second-order valence-corrected chi connectivity index (χ2v) is 6.43. The van der Waals surface area contributed by atoms with Crippen LogP contribution in [0.1, 0.15) is 38.5 Å². The minimum atomic E-state index is -0.805. The number of benzene rings is 1. The molecule has 2 fully saturated rings. The number of aliphatic carboxylic acids is 1. The molecule has 2 atom stereocenters. The van der Waals surface area contributed by atoms with E-state index in [9.17, 15) is 9.90 Å². The molecule has 0 radical (unpaired) electrons. The highest BCUT2D eigenvalue weighted by atomic mass is 16.5. The fraction of sp³-hybridized carbons (Fsp3) is 0.588. The van der Waals surface area contributed by atoms with E-state index in [1.807, 2.05) is 24.3 Å². The Hall–Kier alpha value is -1.71. The molecule has 4 nitrogen and oxygen atoms in total. The highest BCUT2D eigenvalue weighted by Crippen LogP contribution is 2.47. The van der Waals surface area contributed by atoms with E-state index < -0.39 is 11.5 Å². The average molecular weight is 289 g/mol. The van der Waals surface area contributed by atoms with Gasteiger partial charge in [0.15, 0.2) is 0 Å². The van der Waals surface area contributed by atoms with Gasteiger partial charge in [0.25, 0.3) is 0 Å². The summed E-state index contributed by atoms with van der Waals surface area (Å²) in [5, 5.41) is 13.1. The molecule has 0 spiro atoms. The van der Waals surface area contributed by atoms with Crippen LogP contribution in [-0.4, -0.2) is 23.7 Å². The Labute approximate surface area is 125 Å². The van der Waals surface area contributed by atoms with Crippen molar-refractivity contribution in [1.29, 1.82) is 0 Å². The predicted molar refractivity (Wildman–Crippen MR) is 81.7 cm³/mol. The van der Waals surface area contributed by atoms with E-state index >= 15 is 0 Å². The van der Waals surface area contributed by atoms with Crippen LogP contribution in [0.4, 0.5) is 5.69 Å². The van der Waals surface area contributed by atoms with Crippen LogP contribution >= 0.6 is 0 Å². The predicted octanol–water partition coefficient (Wildman–Crippen LogP) is 3.53. The lowest BCUT2D eigenvalue weighted by atomic mass is 9.73. The molecule has 0 amide bonds. The van der Waals surface area contributed by atoms with Gasteiger partial charge < -0.3 is 15.2 Å². The van der Waals surface area contributed by atoms with Crippen LogP contribution < -0.4 is 10.1 Å². The maximum Gasteiger partial charge on any atom is 0.329 e. The molecule has 2 aliphatic carbocycles. The van der Waals surface area contributed by atoms with E-state index in [4.69, 9.17) is 4.74 Å². The van der Waals surface area contributed by atoms with E-state index in [1.54, 1.807) is 7.11 Å². The van der Waals surface area contributed by atoms with Crippen molar-refractivity contribution in [1.82, 2.24) is 0 Å². The topological polar surface area (TPSA) is 58.6 Å². The van der Waals surface area contributed by atoms with Crippen LogP contribution in [0, 0.1) is 11.8 Å². The molecule has 2 aliphatic rings. The average Bonchev–Trinajstić information content (AvgIpc) is 3.33. The molecule has 114 valence electrons. The van der Waals surface area contributed by atoms with Crippen molar-refractivity contribution in [2.75, 3.05) is 12.4 Å². The first-order valence-electron chi connectivity index (χ1n) is 7.78. The van der Waals surface area contributed by atoms with Gasteiger partial charge in [-0.1, -0.05) is 6.42 Å². The molecule has 2 N–H and O–H groups in total. The van der Waals surface area contributed by atoms with Gasteiger partial charge in [-0.2, -0.15) is 0 Å². The van der Waals surface area contributed by atoms with Gasteiger partial charge in [0.05, 0.1) is 7.11 Å². The van der Waals surface area contributed by atoms with E-state index in [1.165, 1.54) is 19.3 Å². The number of carboxylic acid groups (broad SMARTS) is 1. The number of rotatable bonds is 5. The molecule has 0 heterocycles. The third-order valence-corrected chi connectivity index (χ3v) is 4.96. The number of ether oxygens (including phenoxy) is 1. The lowest BCUT2D eigenvalue weighted by Gasteiger charge is -2.39. The Balaban J connectivity index is 1.77. The Bertz CT molecular complexity index is 509. The van der Waals surface area contributed by atoms with Gasteiger partial charge >= 0.3 is 5.97 Å². The zero-order valence-electron chi connectivity index (χ0n) is 12.5. The third-order valence-electron chi connectivity index (χ3n) is 4.96. The summed E-state index contributed by atoms with van der Waals surface area (Å²) in [6.07, 6.45) is 6.20. The second kappa shape index (κ2) is 5.58. The van der Waals surface area contributed by atoms with Gasteiger partial charge in [0.2, 0.25) is 0 Å². The Morgan fingerprint density at radius 1 is 1.24 bits per heavy atom. The molecule has 1 aromatic carbocycles. The fourth-order valence-corrected chi connectivity index (χ4v) is 3.60. The lowest BCUT2D eigenvalue weighted by Crippen LogP contribution is -2.50. The van der Waals surface area contributed by atoms with Crippen LogP contribution in [0.2, 0.25) is 0 Å². The van der Waals surface area contributed by atoms with Crippen LogP contribution in [0.25, 0.3) is 0 Å². The van der Waals surface area contributed by atoms with Crippen molar-refractivity contribution in [3.05, 3.63) is 24.3 Å². The van der Waals surface area contributed by atoms with Crippen molar-refractivity contribution in [2.45, 2.75) is 44.1 Å². The zero-order valence-corrected chi connectivity index (χ0v) is 12.5. The van der Waals surface area contributed by atoms with Crippen LogP contribution in [0.3, 0.4) is 0 Å². The minimum absolute atomic E-state index is 0.570. The van der Waals surface area contributed by atoms with Crippen LogP contribution in [-0.2, 0) is 4.79 Å². The maximum absolute atomic E-state index is 11.9. The minimum Gasteiger partial charge on any atom is -0.497 e. The molecule has 3 rings (SSSR count). The molecular formula is C17H23NO3. The molecule has 0 aromatic heterocycles. The molecule has 4 heteroatoms. The highest BCUT2D eigenvalue weighted by molar-refractivity contribution is 5.83. The maximum atomic E-state index is 11.9. The summed E-state index contributed by atoms with van der Waals surface area (Å²) in [6, 6.07) is 7.51. The molecule has 0 bridgehead atoms. The third kappa shape index (κ3) is 2.99. The second-order valence-electron chi connectivity index (χ2n) is 6.43. The van der Waals surface area contributed by atoms with Crippen LogP contribution in [0.5, 0.6) is 5.75 Å². The quantitative estimate of drug-likeness (QED) is 0.870. The molecule has 1 aromatic rings. The first-order chi connectivity index (χ1) is 10.1. The van der Waals surface area contributed by atoms with E-state index in [-0.39, 0.29) is 0 Å². The standard InChI is InChI=1S/C17H23NO3/c1-21-15-8-6-14(7-9-15)18-17(16(19)20)10-2-3-13(11-17)12-4-5-12/h6-9,12-13,18H,2-5,10-11H2,1H3,(H,19,20). The van der Waals surface area contributed by atoms with Gasteiger partial charge in [0.1, 0.15) is 11.3 Å². The Morgan fingerprint density at radius 3 is 2.52 bits per heavy atom. The summed E-state index contributed by atoms with van der Waals surface area (Å²) < 4.78 is 5.14.